The van der Waals surface area contributed by atoms with Gasteiger partial charge >= 0.3 is 5.97 Å². The molecule has 2 rings (SSSR count). The van der Waals surface area contributed by atoms with Crippen molar-refractivity contribution in [2.75, 3.05) is 23.8 Å². The zero-order valence-corrected chi connectivity index (χ0v) is 14.9. The van der Waals surface area contributed by atoms with Gasteiger partial charge in [-0.1, -0.05) is 25.0 Å². The van der Waals surface area contributed by atoms with E-state index in [0.29, 0.717) is 25.3 Å². The van der Waals surface area contributed by atoms with Crippen LogP contribution in [0.15, 0.2) is 18.2 Å². The predicted octanol–water partition coefficient (Wildman–Crippen LogP) is 3.41. The molecule has 0 unspecified atom stereocenters. The van der Waals surface area contributed by atoms with E-state index in [-0.39, 0.29) is 11.9 Å². The van der Waals surface area contributed by atoms with Crippen LogP contribution >= 0.6 is 0 Å². The Labute approximate surface area is 144 Å². The molecule has 1 aliphatic rings. The second-order valence-corrected chi connectivity index (χ2v) is 6.79. The van der Waals surface area contributed by atoms with Crippen molar-refractivity contribution >= 4 is 23.3 Å². The molecule has 5 heteroatoms. The van der Waals surface area contributed by atoms with Gasteiger partial charge in [0.15, 0.2) is 0 Å². The van der Waals surface area contributed by atoms with Crippen molar-refractivity contribution in [3.63, 3.8) is 0 Å². The summed E-state index contributed by atoms with van der Waals surface area (Å²) >= 11 is 0. The van der Waals surface area contributed by atoms with Crippen molar-refractivity contribution in [2.45, 2.75) is 58.3 Å². The number of nitrogen functional groups attached to an aromatic ring is 1. The van der Waals surface area contributed by atoms with Crippen molar-refractivity contribution in [3.8, 4) is 0 Å². The van der Waals surface area contributed by atoms with Gasteiger partial charge in [0.1, 0.15) is 0 Å². The van der Waals surface area contributed by atoms with Crippen LogP contribution < -0.4 is 10.6 Å². The van der Waals surface area contributed by atoms with Crippen LogP contribution in [-0.4, -0.2) is 25.0 Å². The number of nitrogens with zero attached hydrogens (tertiary/aromatic N) is 1. The Morgan fingerprint density at radius 2 is 1.92 bits per heavy atom. The molecule has 0 bridgehead atoms. The Kier molecular flexibility index (Phi) is 5.86. The summed E-state index contributed by atoms with van der Waals surface area (Å²) in [6, 6.07) is 5.74. The van der Waals surface area contributed by atoms with Gasteiger partial charge in [0.2, 0.25) is 5.91 Å². The first-order chi connectivity index (χ1) is 11.4. The van der Waals surface area contributed by atoms with Gasteiger partial charge in [0.25, 0.3) is 0 Å². The molecule has 132 valence electrons. The average molecular weight is 332 g/mol. The molecule has 1 aromatic rings. The number of carbonyl (C=O) groups is 2. The number of hydrogen-bond acceptors (Lipinski definition) is 4. The van der Waals surface area contributed by atoms with Crippen LogP contribution in [0, 0.1) is 0 Å². The number of hydrogen-bond donors (Lipinski definition) is 1. The maximum atomic E-state index is 12.7. The summed E-state index contributed by atoms with van der Waals surface area (Å²) in [7, 11) is 0. The van der Waals surface area contributed by atoms with E-state index in [1.807, 2.05) is 43.9 Å². The number of esters is 1. The molecule has 0 fully saturated rings. The number of ether oxygens (including phenoxy) is 1. The van der Waals surface area contributed by atoms with E-state index in [9.17, 15) is 9.59 Å². The van der Waals surface area contributed by atoms with E-state index in [2.05, 4.69) is 0 Å². The highest BCUT2D eigenvalue weighted by molar-refractivity contribution is 6.10. The lowest BCUT2D eigenvalue weighted by molar-refractivity contribution is -0.143. The van der Waals surface area contributed by atoms with Gasteiger partial charge in [-0.3, -0.25) is 9.59 Å². The molecular weight excluding hydrogens is 304 g/mol. The molecule has 5 nitrogen and oxygen atoms in total. The number of anilines is 2. The predicted molar refractivity (Wildman–Crippen MR) is 96.0 cm³/mol. The van der Waals surface area contributed by atoms with Gasteiger partial charge in [-0.2, -0.15) is 0 Å². The number of nitrogens with two attached hydrogens (primary N) is 1. The van der Waals surface area contributed by atoms with Crippen LogP contribution in [0.4, 0.5) is 11.4 Å². The Morgan fingerprint density at radius 1 is 1.21 bits per heavy atom. The fourth-order valence-electron chi connectivity index (χ4n) is 3.26. The van der Waals surface area contributed by atoms with Gasteiger partial charge in [-0.05, 0) is 45.2 Å². The molecule has 0 spiro atoms. The van der Waals surface area contributed by atoms with Gasteiger partial charge < -0.3 is 15.4 Å². The van der Waals surface area contributed by atoms with Crippen molar-refractivity contribution in [1.29, 1.82) is 0 Å². The number of benzene rings is 1. The van der Waals surface area contributed by atoms with Crippen molar-refractivity contribution < 1.29 is 14.3 Å². The topological polar surface area (TPSA) is 72.6 Å². The highest BCUT2D eigenvalue weighted by atomic mass is 16.5. The van der Waals surface area contributed by atoms with Crippen LogP contribution in [0.25, 0.3) is 0 Å². The Hall–Kier alpha value is -2.04. The number of amides is 1. The molecule has 0 saturated carbocycles. The minimum atomic E-state index is -0.519. The third kappa shape index (κ3) is 3.71. The first kappa shape index (κ1) is 18.3. The fourth-order valence-corrected chi connectivity index (χ4v) is 3.26. The minimum absolute atomic E-state index is 0.113. The Balaban J connectivity index is 1.86. The summed E-state index contributed by atoms with van der Waals surface area (Å²) in [5, 5.41) is 0. The molecular formula is C19H28N2O3. The van der Waals surface area contributed by atoms with Crippen LogP contribution in [-0.2, 0) is 19.7 Å². The minimum Gasteiger partial charge on any atom is -0.466 e. The molecule has 0 atom stereocenters. The van der Waals surface area contributed by atoms with Crippen LogP contribution in [0.1, 0.15) is 58.4 Å². The van der Waals surface area contributed by atoms with E-state index in [0.717, 1.165) is 36.9 Å². The van der Waals surface area contributed by atoms with Gasteiger partial charge in [0, 0.05) is 13.0 Å². The molecule has 1 amide bonds. The molecule has 0 aliphatic carbocycles. The second kappa shape index (κ2) is 7.69. The molecule has 0 aromatic heterocycles. The number of carbonyl (C=O) groups excluding carboxylic acids is 2. The van der Waals surface area contributed by atoms with E-state index in [4.69, 9.17) is 10.5 Å². The second-order valence-electron chi connectivity index (χ2n) is 6.79. The lowest BCUT2D eigenvalue weighted by atomic mass is 9.86. The first-order valence-electron chi connectivity index (χ1n) is 8.76. The summed E-state index contributed by atoms with van der Waals surface area (Å²) in [6.07, 6.45) is 4.14. The van der Waals surface area contributed by atoms with Crippen LogP contribution in [0.3, 0.4) is 0 Å². The highest BCUT2D eigenvalue weighted by Gasteiger charge is 2.44. The van der Waals surface area contributed by atoms with Crippen molar-refractivity contribution in [1.82, 2.24) is 0 Å². The smallest absolute Gasteiger partial charge is 0.305 e. The van der Waals surface area contributed by atoms with Crippen LogP contribution in [0.5, 0.6) is 0 Å². The molecule has 1 aromatic carbocycles. The van der Waals surface area contributed by atoms with Crippen molar-refractivity contribution in [3.05, 3.63) is 23.8 Å². The van der Waals surface area contributed by atoms with Crippen LogP contribution in [0.2, 0.25) is 0 Å². The molecule has 2 N–H and O–H groups in total. The normalized spacial score (nSPS) is 15.5. The maximum Gasteiger partial charge on any atom is 0.305 e. The number of fused-ring (bicyclic) bond motifs is 1. The third-order valence-corrected chi connectivity index (χ3v) is 4.61. The Morgan fingerprint density at radius 3 is 2.62 bits per heavy atom. The zero-order valence-electron chi connectivity index (χ0n) is 14.9. The third-order valence-electron chi connectivity index (χ3n) is 4.61. The largest absolute Gasteiger partial charge is 0.466 e. The Bertz CT molecular complexity index is 611. The summed E-state index contributed by atoms with van der Waals surface area (Å²) in [6.45, 7) is 6.82. The molecule has 24 heavy (non-hydrogen) atoms. The summed E-state index contributed by atoms with van der Waals surface area (Å²) in [4.78, 5) is 25.8. The monoisotopic (exact) mass is 332 g/mol. The number of rotatable bonds is 8. The van der Waals surface area contributed by atoms with Crippen molar-refractivity contribution in [2.24, 2.45) is 0 Å². The zero-order chi connectivity index (χ0) is 17.7. The summed E-state index contributed by atoms with van der Waals surface area (Å²) < 4.78 is 4.91. The summed E-state index contributed by atoms with van der Waals surface area (Å²) in [5.41, 5.74) is 8.14. The first-order valence-corrected chi connectivity index (χ1v) is 8.76. The van der Waals surface area contributed by atoms with E-state index in [1.165, 1.54) is 0 Å². The molecule has 1 aliphatic heterocycles. The quantitative estimate of drug-likeness (QED) is 0.450. The number of unbranched alkanes of at least 4 members (excludes halogenated alkanes) is 3. The molecule has 1 heterocycles. The standard InChI is InChI=1S/C19H28N2O3/c1-4-24-16(22)12-7-5-6-8-13-21-17-14(10-9-11-15(17)20)19(2,3)18(21)23/h9-11H,4-8,12-13,20H2,1-3H3. The van der Waals surface area contributed by atoms with E-state index >= 15 is 0 Å². The molecule has 0 radical (unpaired) electrons. The number of para-hydroxylation sites is 1. The molecule has 0 saturated heterocycles. The maximum absolute atomic E-state index is 12.7. The average Bonchev–Trinajstić information content (AvgIpc) is 2.73. The van der Waals surface area contributed by atoms with Gasteiger partial charge in [-0.15, -0.1) is 0 Å². The lowest BCUT2D eigenvalue weighted by Crippen LogP contribution is -2.36. The lowest BCUT2D eigenvalue weighted by Gasteiger charge is -2.21. The van der Waals surface area contributed by atoms with Gasteiger partial charge in [0.05, 0.1) is 23.4 Å². The van der Waals surface area contributed by atoms with E-state index in [1.54, 1.807) is 0 Å². The van der Waals surface area contributed by atoms with Gasteiger partial charge in [-0.25, -0.2) is 0 Å². The summed E-state index contributed by atoms with van der Waals surface area (Å²) in [5.74, 6) is -0.0161. The SMILES string of the molecule is CCOC(=O)CCCCCCN1C(=O)C(C)(C)c2cccc(N)c21. The fraction of sp³-hybridized carbons (Fsp3) is 0.579. The highest BCUT2D eigenvalue weighted by Crippen LogP contribution is 2.44. The van der Waals surface area contributed by atoms with E-state index < -0.39 is 5.41 Å².